The summed E-state index contributed by atoms with van der Waals surface area (Å²) in [5.74, 6) is -1.19. The van der Waals surface area contributed by atoms with E-state index in [0.717, 1.165) is 4.70 Å². The topological polar surface area (TPSA) is 95.7 Å². The molecule has 1 aromatic carbocycles. The Morgan fingerprint density at radius 3 is 2.33 bits per heavy atom. The lowest BCUT2D eigenvalue weighted by Crippen LogP contribution is -2.13. The number of nitro benzene ring substituents is 1. The number of non-ortho nitro benzene ring substituents is 1. The number of thiophene rings is 1. The first-order valence-electron chi connectivity index (χ1n) is 5.89. The van der Waals surface area contributed by atoms with E-state index >= 15 is 0 Å². The smallest absolute Gasteiger partial charge is 0.306 e. The van der Waals surface area contributed by atoms with Crippen LogP contribution in [0, 0.1) is 10.1 Å². The third-order valence-electron chi connectivity index (χ3n) is 2.51. The summed E-state index contributed by atoms with van der Waals surface area (Å²) in [6.45, 7) is 2.41. The highest BCUT2D eigenvalue weighted by molar-refractivity contribution is 7.19. The highest BCUT2D eigenvalue weighted by Crippen LogP contribution is 2.34. The van der Waals surface area contributed by atoms with Gasteiger partial charge in [-0.2, -0.15) is 0 Å². The summed E-state index contributed by atoms with van der Waals surface area (Å²) >= 11 is 1.23. The predicted octanol–water partition coefficient (Wildman–Crippen LogP) is 2.93. The minimum Gasteiger partial charge on any atom is -0.420 e. The van der Waals surface area contributed by atoms with E-state index in [9.17, 15) is 19.7 Å². The first-order chi connectivity index (χ1) is 9.86. The zero-order chi connectivity index (χ0) is 15.6. The first kappa shape index (κ1) is 14.9. The number of fused-ring (bicyclic) bond motifs is 1. The number of hydrogen-bond acceptors (Lipinski definition) is 7. The number of nitro groups is 1. The van der Waals surface area contributed by atoms with E-state index in [-0.39, 0.29) is 5.69 Å². The van der Waals surface area contributed by atoms with Gasteiger partial charge >= 0.3 is 11.9 Å². The fraction of sp³-hybridized carbons (Fsp3) is 0.231. The third kappa shape index (κ3) is 3.54. The molecule has 0 aliphatic heterocycles. The Balaban J connectivity index is 2.40. The summed E-state index contributed by atoms with van der Waals surface area (Å²) in [6.07, 6.45) is -1.14. The number of carbonyl (C=O) groups is 2. The van der Waals surface area contributed by atoms with Crippen LogP contribution in [0.3, 0.4) is 0 Å². The number of hydrogen-bond donors (Lipinski definition) is 0. The second-order valence-corrected chi connectivity index (χ2v) is 5.29. The van der Waals surface area contributed by atoms with Crippen molar-refractivity contribution in [3.8, 4) is 0 Å². The van der Waals surface area contributed by atoms with Gasteiger partial charge in [0.1, 0.15) is 0 Å². The fourth-order valence-electron chi connectivity index (χ4n) is 1.72. The van der Waals surface area contributed by atoms with Crippen LogP contribution in [-0.4, -0.2) is 16.9 Å². The van der Waals surface area contributed by atoms with Crippen molar-refractivity contribution in [2.75, 3.05) is 0 Å². The van der Waals surface area contributed by atoms with Crippen LogP contribution in [0.5, 0.6) is 0 Å². The molecule has 21 heavy (non-hydrogen) atoms. The molecule has 8 heteroatoms. The molecule has 0 N–H and O–H groups in total. The largest absolute Gasteiger partial charge is 0.420 e. The summed E-state index contributed by atoms with van der Waals surface area (Å²) in [7, 11) is 0. The van der Waals surface area contributed by atoms with Gasteiger partial charge in [0.25, 0.3) is 12.0 Å². The van der Waals surface area contributed by atoms with Gasteiger partial charge in [0.15, 0.2) is 0 Å². The Morgan fingerprint density at radius 2 is 1.81 bits per heavy atom. The predicted molar refractivity (Wildman–Crippen MR) is 74.8 cm³/mol. The Labute approximate surface area is 123 Å². The SMILES string of the molecule is CC(=O)OC(OC(C)=O)c1cc2cc([N+](=O)[O-])ccc2s1. The molecule has 0 aliphatic carbocycles. The molecule has 1 aromatic heterocycles. The molecule has 0 spiro atoms. The Bertz CT molecular complexity index is 707. The summed E-state index contributed by atoms with van der Waals surface area (Å²) in [5, 5.41) is 11.4. The van der Waals surface area contributed by atoms with Crippen LogP contribution in [0.2, 0.25) is 0 Å². The molecule has 0 aliphatic rings. The lowest BCUT2D eigenvalue weighted by atomic mass is 10.2. The van der Waals surface area contributed by atoms with Crippen LogP contribution in [0.15, 0.2) is 24.3 Å². The lowest BCUT2D eigenvalue weighted by Gasteiger charge is -2.14. The number of esters is 2. The van der Waals surface area contributed by atoms with Crippen molar-refractivity contribution < 1.29 is 24.0 Å². The molecule has 110 valence electrons. The Hall–Kier alpha value is -2.48. The maximum atomic E-state index is 11.1. The van der Waals surface area contributed by atoms with Crippen molar-refractivity contribution in [1.82, 2.24) is 0 Å². The maximum absolute atomic E-state index is 11.1. The fourth-order valence-corrected chi connectivity index (χ4v) is 2.73. The quantitative estimate of drug-likeness (QED) is 0.373. The molecular formula is C13H11NO6S. The number of nitrogens with zero attached hydrogens (tertiary/aromatic N) is 1. The summed E-state index contributed by atoms with van der Waals surface area (Å²) in [6, 6.07) is 5.99. The molecular weight excluding hydrogens is 298 g/mol. The zero-order valence-electron chi connectivity index (χ0n) is 11.2. The molecule has 7 nitrogen and oxygen atoms in total. The molecule has 0 unspecified atom stereocenters. The minimum absolute atomic E-state index is 0.0385. The van der Waals surface area contributed by atoms with E-state index in [4.69, 9.17) is 9.47 Å². The van der Waals surface area contributed by atoms with E-state index in [1.54, 1.807) is 12.1 Å². The van der Waals surface area contributed by atoms with Crippen LogP contribution in [0.25, 0.3) is 10.1 Å². The molecule has 0 saturated carbocycles. The first-order valence-corrected chi connectivity index (χ1v) is 6.71. The van der Waals surface area contributed by atoms with Gasteiger partial charge in [0, 0.05) is 30.7 Å². The highest BCUT2D eigenvalue weighted by Gasteiger charge is 2.21. The van der Waals surface area contributed by atoms with Crippen LogP contribution in [0.1, 0.15) is 25.0 Å². The molecule has 0 atom stereocenters. The van der Waals surface area contributed by atoms with Gasteiger partial charge < -0.3 is 9.47 Å². The molecule has 2 rings (SSSR count). The van der Waals surface area contributed by atoms with Crippen molar-refractivity contribution in [3.63, 3.8) is 0 Å². The Morgan fingerprint density at radius 1 is 1.19 bits per heavy atom. The van der Waals surface area contributed by atoms with E-state index in [1.165, 1.54) is 37.3 Å². The van der Waals surface area contributed by atoms with E-state index < -0.39 is 23.2 Å². The Kier molecular flexibility index (Phi) is 4.18. The van der Waals surface area contributed by atoms with E-state index in [1.807, 2.05) is 0 Å². The molecule has 0 fully saturated rings. The van der Waals surface area contributed by atoms with Gasteiger partial charge in [-0.3, -0.25) is 19.7 Å². The molecule has 2 aromatic rings. The monoisotopic (exact) mass is 309 g/mol. The van der Waals surface area contributed by atoms with Crippen molar-refractivity contribution in [2.24, 2.45) is 0 Å². The van der Waals surface area contributed by atoms with Gasteiger partial charge in [-0.05, 0) is 17.5 Å². The van der Waals surface area contributed by atoms with Gasteiger partial charge in [-0.15, -0.1) is 11.3 Å². The molecule has 0 saturated heterocycles. The molecule has 0 amide bonds. The van der Waals surface area contributed by atoms with Gasteiger partial charge in [-0.1, -0.05) is 0 Å². The maximum Gasteiger partial charge on any atom is 0.306 e. The average molecular weight is 309 g/mol. The van der Waals surface area contributed by atoms with Crippen LogP contribution in [0.4, 0.5) is 5.69 Å². The molecule has 0 radical (unpaired) electrons. The van der Waals surface area contributed by atoms with Crippen LogP contribution < -0.4 is 0 Å². The van der Waals surface area contributed by atoms with E-state index in [2.05, 4.69) is 0 Å². The van der Waals surface area contributed by atoms with E-state index in [0.29, 0.717) is 10.3 Å². The van der Waals surface area contributed by atoms with Crippen molar-refractivity contribution >= 4 is 39.0 Å². The van der Waals surface area contributed by atoms with Crippen LogP contribution >= 0.6 is 11.3 Å². The van der Waals surface area contributed by atoms with Gasteiger partial charge in [0.05, 0.1) is 9.80 Å². The van der Waals surface area contributed by atoms with Crippen molar-refractivity contribution in [2.45, 2.75) is 20.1 Å². The molecule has 0 bridgehead atoms. The highest BCUT2D eigenvalue weighted by atomic mass is 32.1. The standard InChI is InChI=1S/C13H11NO6S/c1-7(15)19-13(20-8(2)16)12-6-9-5-10(14(17)18)3-4-11(9)21-12/h3-6,13H,1-2H3. The summed E-state index contributed by atoms with van der Waals surface area (Å²) < 4.78 is 10.7. The average Bonchev–Trinajstić information content (AvgIpc) is 2.79. The normalized spacial score (nSPS) is 10.6. The lowest BCUT2D eigenvalue weighted by molar-refractivity contribution is -0.384. The van der Waals surface area contributed by atoms with Gasteiger partial charge in [-0.25, -0.2) is 0 Å². The minimum atomic E-state index is -1.14. The van der Waals surface area contributed by atoms with Crippen LogP contribution in [-0.2, 0) is 19.1 Å². The number of carbonyl (C=O) groups excluding carboxylic acids is 2. The third-order valence-corrected chi connectivity index (χ3v) is 3.65. The number of rotatable bonds is 4. The van der Waals surface area contributed by atoms with Crippen molar-refractivity contribution in [1.29, 1.82) is 0 Å². The van der Waals surface area contributed by atoms with Crippen molar-refractivity contribution in [3.05, 3.63) is 39.3 Å². The summed E-state index contributed by atoms with van der Waals surface area (Å²) in [4.78, 5) is 32.9. The second kappa shape index (κ2) is 5.88. The zero-order valence-corrected chi connectivity index (χ0v) is 12.0. The number of benzene rings is 1. The number of ether oxygens (including phenoxy) is 2. The molecule has 1 heterocycles. The summed E-state index contributed by atoms with van der Waals surface area (Å²) in [5.41, 5.74) is -0.0385. The van der Waals surface area contributed by atoms with Gasteiger partial charge in [0.2, 0.25) is 0 Å². The second-order valence-electron chi connectivity index (χ2n) is 4.18.